The minimum Gasteiger partial charge on any atom is -0.497 e. The molecule has 0 fully saturated rings. The van der Waals surface area contributed by atoms with Crippen molar-refractivity contribution in [3.63, 3.8) is 0 Å². The van der Waals surface area contributed by atoms with Crippen LogP contribution in [-0.2, 0) is 13.2 Å². The van der Waals surface area contributed by atoms with Crippen LogP contribution in [-0.4, -0.2) is 17.2 Å². The van der Waals surface area contributed by atoms with E-state index in [1.165, 1.54) is 0 Å². The number of nitrogens with zero attached hydrogens (tertiary/aromatic N) is 1. The number of aromatic nitrogens is 1. The summed E-state index contributed by atoms with van der Waals surface area (Å²) in [7, 11) is 1.64. The van der Waals surface area contributed by atoms with Gasteiger partial charge in [0.2, 0.25) is 0 Å². The van der Waals surface area contributed by atoms with E-state index < -0.39 is 0 Å². The Hall–Kier alpha value is -1.78. The van der Waals surface area contributed by atoms with Crippen molar-refractivity contribution < 1.29 is 9.84 Å². The van der Waals surface area contributed by atoms with Crippen molar-refractivity contribution >= 4 is 17.4 Å². The fraction of sp³-hybridized carbons (Fsp3) is 0.267. The molecule has 0 saturated carbocycles. The summed E-state index contributed by atoms with van der Waals surface area (Å²) < 4.78 is 5.12. The minimum atomic E-state index is -0.0685. The second-order valence-corrected chi connectivity index (χ2v) is 4.84. The Morgan fingerprint density at radius 2 is 2.00 bits per heavy atom. The Balaban J connectivity index is 2.13. The SMILES string of the molecule is COc1ccc(CNc2nc(Cl)cc(C)c2CO)cc1. The van der Waals surface area contributed by atoms with Crippen molar-refractivity contribution in [2.75, 3.05) is 12.4 Å². The van der Waals surface area contributed by atoms with E-state index in [1.807, 2.05) is 31.2 Å². The number of nitrogens with one attached hydrogen (secondary N) is 1. The summed E-state index contributed by atoms with van der Waals surface area (Å²) >= 11 is 5.95. The Kier molecular flexibility index (Phi) is 4.82. The van der Waals surface area contributed by atoms with Gasteiger partial charge in [0.1, 0.15) is 16.7 Å². The highest BCUT2D eigenvalue weighted by atomic mass is 35.5. The van der Waals surface area contributed by atoms with Crippen LogP contribution >= 0.6 is 11.6 Å². The molecule has 0 aliphatic carbocycles. The zero-order valence-electron chi connectivity index (χ0n) is 11.5. The van der Waals surface area contributed by atoms with Crippen LogP contribution in [0.4, 0.5) is 5.82 Å². The van der Waals surface area contributed by atoms with Crippen LogP contribution in [0.1, 0.15) is 16.7 Å². The number of aryl methyl sites for hydroxylation is 1. The number of aliphatic hydroxyl groups excluding tert-OH is 1. The van der Waals surface area contributed by atoms with E-state index in [-0.39, 0.29) is 6.61 Å². The molecule has 0 spiro atoms. The lowest BCUT2D eigenvalue weighted by atomic mass is 10.1. The lowest BCUT2D eigenvalue weighted by Gasteiger charge is -2.12. The first-order valence-electron chi connectivity index (χ1n) is 6.27. The molecule has 5 heteroatoms. The molecule has 20 heavy (non-hydrogen) atoms. The molecule has 0 aliphatic heterocycles. The molecule has 0 aliphatic rings. The molecular weight excluding hydrogens is 276 g/mol. The van der Waals surface area contributed by atoms with Gasteiger partial charge in [-0.25, -0.2) is 4.98 Å². The highest BCUT2D eigenvalue weighted by Gasteiger charge is 2.08. The average molecular weight is 293 g/mol. The molecule has 2 rings (SSSR count). The number of pyridine rings is 1. The number of anilines is 1. The second kappa shape index (κ2) is 6.59. The van der Waals surface area contributed by atoms with Crippen LogP contribution in [0.2, 0.25) is 5.15 Å². The standard InChI is InChI=1S/C15H17ClN2O2/c1-10-7-14(16)18-15(13(10)9-19)17-8-11-3-5-12(20-2)6-4-11/h3-7,19H,8-9H2,1-2H3,(H,17,18). The van der Waals surface area contributed by atoms with Crippen LogP contribution in [0.25, 0.3) is 0 Å². The number of aliphatic hydroxyl groups is 1. The molecule has 0 saturated heterocycles. The monoisotopic (exact) mass is 292 g/mol. The van der Waals surface area contributed by atoms with Gasteiger partial charge in [0.05, 0.1) is 13.7 Å². The lowest BCUT2D eigenvalue weighted by molar-refractivity contribution is 0.281. The summed E-state index contributed by atoms with van der Waals surface area (Å²) in [5.41, 5.74) is 2.78. The molecule has 4 nitrogen and oxygen atoms in total. The molecule has 0 unspecified atom stereocenters. The first kappa shape index (κ1) is 14.6. The molecular formula is C15H17ClN2O2. The fourth-order valence-electron chi connectivity index (χ4n) is 1.93. The number of methoxy groups -OCH3 is 1. The van der Waals surface area contributed by atoms with E-state index in [4.69, 9.17) is 16.3 Å². The number of hydrogen-bond acceptors (Lipinski definition) is 4. The summed E-state index contributed by atoms with van der Waals surface area (Å²) in [6.45, 7) is 2.43. The van der Waals surface area contributed by atoms with Gasteiger partial charge >= 0.3 is 0 Å². The van der Waals surface area contributed by atoms with Gasteiger partial charge in [-0.3, -0.25) is 0 Å². The number of benzene rings is 1. The normalized spacial score (nSPS) is 10.4. The highest BCUT2D eigenvalue weighted by Crippen LogP contribution is 2.22. The molecule has 0 atom stereocenters. The van der Waals surface area contributed by atoms with Crippen molar-refractivity contribution in [2.45, 2.75) is 20.1 Å². The predicted molar refractivity (Wildman–Crippen MR) is 80.2 cm³/mol. The Morgan fingerprint density at radius 1 is 1.30 bits per heavy atom. The van der Waals surface area contributed by atoms with Crippen molar-refractivity contribution in [3.05, 3.63) is 52.2 Å². The van der Waals surface area contributed by atoms with Crippen molar-refractivity contribution in [2.24, 2.45) is 0 Å². The second-order valence-electron chi connectivity index (χ2n) is 4.45. The van der Waals surface area contributed by atoms with Crippen LogP contribution in [0.15, 0.2) is 30.3 Å². The van der Waals surface area contributed by atoms with Gasteiger partial charge in [-0.05, 0) is 36.2 Å². The van der Waals surface area contributed by atoms with Gasteiger partial charge in [-0.1, -0.05) is 23.7 Å². The topological polar surface area (TPSA) is 54.4 Å². The van der Waals surface area contributed by atoms with Crippen molar-refractivity contribution in [1.29, 1.82) is 0 Å². The lowest BCUT2D eigenvalue weighted by Crippen LogP contribution is -2.06. The molecule has 1 aromatic carbocycles. The number of hydrogen-bond donors (Lipinski definition) is 2. The smallest absolute Gasteiger partial charge is 0.133 e. The molecule has 1 heterocycles. The summed E-state index contributed by atoms with van der Waals surface area (Å²) in [5, 5.41) is 13.0. The van der Waals surface area contributed by atoms with Gasteiger partial charge in [-0.15, -0.1) is 0 Å². The van der Waals surface area contributed by atoms with E-state index in [2.05, 4.69) is 10.3 Å². The van der Waals surface area contributed by atoms with Gasteiger partial charge < -0.3 is 15.2 Å². The van der Waals surface area contributed by atoms with E-state index in [0.29, 0.717) is 17.5 Å². The molecule has 106 valence electrons. The van der Waals surface area contributed by atoms with Crippen LogP contribution in [0.3, 0.4) is 0 Å². The summed E-state index contributed by atoms with van der Waals surface area (Å²) in [5.74, 6) is 1.44. The van der Waals surface area contributed by atoms with Gasteiger partial charge in [0.25, 0.3) is 0 Å². The van der Waals surface area contributed by atoms with Crippen LogP contribution in [0, 0.1) is 6.92 Å². The van der Waals surface area contributed by atoms with E-state index in [1.54, 1.807) is 13.2 Å². The minimum absolute atomic E-state index is 0.0685. The zero-order chi connectivity index (χ0) is 14.5. The number of rotatable bonds is 5. The number of halogens is 1. The number of ether oxygens (including phenoxy) is 1. The van der Waals surface area contributed by atoms with Crippen LogP contribution < -0.4 is 10.1 Å². The highest BCUT2D eigenvalue weighted by molar-refractivity contribution is 6.29. The summed E-state index contributed by atoms with van der Waals surface area (Å²) in [6.07, 6.45) is 0. The average Bonchev–Trinajstić information content (AvgIpc) is 2.45. The summed E-state index contributed by atoms with van der Waals surface area (Å²) in [4.78, 5) is 4.22. The van der Waals surface area contributed by atoms with Gasteiger partial charge in [0, 0.05) is 12.1 Å². The fourth-order valence-corrected chi connectivity index (χ4v) is 2.18. The van der Waals surface area contributed by atoms with Gasteiger partial charge in [0.15, 0.2) is 0 Å². The largest absolute Gasteiger partial charge is 0.497 e. The maximum atomic E-state index is 9.42. The van der Waals surface area contributed by atoms with Crippen molar-refractivity contribution in [3.8, 4) is 5.75 Å². The van der Waals surface area contributed by atoms with Gasteiger partial charge in [-0.2, -0.15) is 0 Å². The zero-order valence-corrected chi connectivity index (χ0v) is 12.2. The maximum Gasteiger partial charge on any atom is 0.133 e. The maximum absolute atomic E-state index is 9.42. The van der Waals surface area contributed by atoms with E-state index >= 15 is 0 Å². The molecule has 1 aromatic heterocycles. The van der Waals surface area contributed by atoms with Crippen molar-refractivity contribution in [1.82, 2.24) is 4.98 Å². The first-order valence-corrected chi connectivity index (χ1v) is 6.65. The third kappa shape index (κ3) is 3.40. The molecule has 0 radical (unpaired) electrons. The summed E-state index contributed by atoms with van der Waals surface area (Å²) in [6, 6.07) is 9.50. The molecule has 0 amide bonds. The van der Waals surface area contributed by atoms with E-state index in [9.17, 15) is 5.11 Å². The Bertz CT molecular complexity index is 585. The Labute approximate surface area is 123 Å². The van der Waals surface area contributed by atoms with Crippen LogP contribution in [0.5, 0.6) is 5.75 Å². The third-order valence-electron chi connectivity index (χ3n) is 3.09. The predicted octanol–water partition coefficient (Wildman–Crippen LogP) is 3.16. The molecule has 2 N–H and O–H groups in total. The molecule has 2 aromatic rings. The quantitative estimate of drug-likeness (QED) is 0.831. The molecule has 0 bridgehead atoms. The Morgan fingerprint density at radius 3 is 2.60 bits per heavy atom. The van der Waals surface area contributed by atoms with E-state index in [0.717, 1.165) is 22.4 Å². The first-order chi connectivity index (χ1) is 9.63. The third-order valence-corrected chi connectivity index (χ3v) is 3.29.